The zero-order valence-corrected chi connectivity index (χ0v) is 25.2. The second-order valence-electron chi connectivity index (χ2n) is 9.67. The molecule has 9 heteroatoms. The summed E-state index contributed by atoms with van der Waals surface area (Å²) < 4.78 is 18.9. The molecule has 0 spiro atoms. The number of allylic oxidation sites excluding steroid dienone is 1. The zero-order valence-electron chi connectivity index (χ0n) is 23.6. The van der Waals surface area contributed by atoms with Crippen LogP contribution in [0.4, 0.5) is 0 Å². The second-order valence-corrected chi connectivity index (χ2v) is 11.1. The van der Waals surface area contributed by atoms with Gasteiger partial charge in [0.15, 0.2) is 4.80 Å². The maximum absolute atomic E-state index is 13.9. The summed E-state index contributed by atoms with van der Waals surface area (Å²) in [6.07, 6.45) is 3.20. The Bertz CT molecular complexity index is 1790. The highest BCUT2D eigenvalue weighted by Gasteiger charge is 2.34. The van der Waals surface area contributed by atoms with Crippen molar-refractivity contribution in [3.63, 3.8) is 0 Å². The van der Waals surface area contributed by atoms with Crippen molar-refractivity contribution in [3.8, 4) is 11.5 Å². The number of aromatic nitrogens is 1. The number of carbonyl (C=O) groups is 1. The van der Waals surface area contributed by atoms with Crippen molar-refractivity contribution in [1.82, 2.24) is 4.57 Å². The molecule has 0 saturated heterocycles. The minimum absolute atomic E-state index is 0.219. The fourth-order valence-corrected chi connectivity index (χ4v) is 5.95. The summed E-state index contributed by atoms with van der Waals surface area (Å²) in [5.74, 6) is 0.871. The first-order valence-electron chi connectivity index (χ1n) is 13.7. The molecule has 1 aliphatic heterocycles. The van der Waals surface area contributed by atoms with E-state index < -0.39 is 12.0 Å². The number of esters is 1. The summed E-state index contributed by atoms with van der Waals surface area (Å²) in [6, 6.07) is 21.8. The van der Waals surface area contributed by atoms with Crippen LogP contribution >= 0.6 is 22.9 Å². The molecule has 42 heavy (non-hydrogen) atoms. The van der Waals surface area contributed by atoms with E-state index in [2.05, 4.69) is 0 Å². The number of hydrogen-bond donors (Lipinski definition) is 0. The van der Waals surface area contributed by atoms with Crippen molar-refractivity contribution < 1.29 is 19.0 Å². The van der Waals surface area contributed by atoms with Crippen molar-refractivity contribution >= 4 is 35.0 Å². The molecule has 1 unspecified atom stereocenters. The molecule has 7 nitrogen and oxygen atoms in total. The van der Waals surface area contributed by atoms with Crippen LogP contribution in [-0.2, 0) is 16.1 Å². The van der Waals surface area contributed by atoms with E-state index in [-0.39, 0.29) is 12.2 Å². The van der Waals surface area contributed by atoms with Gasteiger partial charge in [-0.3, -0.25) is 9.36 Å². The molecule has 0 bridgehead atoms. The van der Waals surface area contributed by atoms with Crippen LogP contribution in [0.2, 0.25) is 5.02 Å². The van der Waals surface area contributed by atoms with Crippen molar-refractivity contribution in [1.29, 1.82) is 0 Å². The molecule has 1 aromatic heterocycles. The van der Waals surface area contributed by atoms with E-state index in [0.29, 0.717) is 50.2 Å². The van der Waals surface area contributed by atoms with Crippen LogP contribution in [0.15, 0.2) is 93.9 Å². The van der Waals surface area contributed by atoms with Crippen LogP contribution in [0.5, 0.6) is 11.5 Å². The van der Waals surface area contributed by atoms with Gasteiger partial charge >= 0.3 is 5.97 Å². The number of carbonyl (C=O) groups excluding carboxylic acids is 1. The number of fused-ring (bicyclic) bond motifs is 1. The summed E-state index contributed by atoms with van der Waals surface area (Å²) in [6.45, 7) is 4.43. The standard InChI is InChI=1S/C33H31ClN2O5S/c1-4-7-27-29(32(38)40-5-2)30(23-8-6-9-26(19-23)39-3)36-31(37)28(42-33(36)35-27)18-21-12-16-25(17-13-21)41-20-22-10-14-24(34)15-11-22/h6,8-19,30H,4-5,7,20H2,1-3H3/b28-18-. The van der Waals surface area contributed by atoms with Gasteiger partial charge in [-0.15, -0.1) is 0 Å². The molecule has 5 rings (SSSR count). The van der Waals surface area contributed by atoms with Crippen LogP contribution in [0.3, 0.4) is 0 Å². The quantitative estimate of drug-likeness (QED) is 0.214. The average molecular weight is 603 g/mol. The largest absolute Gasteiger partial charge is 0.497 e. The van der Waals surface area contributed by atoms with Gasteiger partial charge in [0.25, 0.3) is 5.56 Å². The average Bonchev–Trinajstić information content (AvgIpc) is 3.31. The molecular weight excluding hydrogens is 572 g/mol. The van der Waals surface area contributed by atoms with Gasteiger partial charge in [-0.2, -0.15) is 0 Å². The number of thiazole rings is 1. The molecule has 2 heterocycles. The maximum Gasteiger partial charge on any atom is 0.338 e. The molecule has 3 aromatic carbocycles. The molecule has 216 valence electrons. The maximum atomic E-state index is 13.9. The summed E-state index contributed by atoms with van der Waals surface area (Å²) >= 11 is 7.27. The van der Waals surface area contributed by atoms with Crippen LogP contribution in [-0.4, -0.2) is 24.3 Å². The Labute approximate surface area is 253 Å². The molecule has 0 N–H and O–H groups in total. The van der Waals surface area contributed by atoms with E-state index in [1.165, 1.54) is 11.3 Å². The topological polar surface area (TPSA) is 79.1 Å². The normalized spacial score (nSPS) is 14.8. The molecule has 0 fully saturated rings. The van der Waals surface area contributed by atoms with E-state index >= 15 is 0 Å². The highest BCUT2D eigenvalue weighted by molar-refractivity contribution is 7.07. The summed E-state index contributed by atoms with van der Waals surface area (Å²) in [5, 5.41) is 0.682. The van der Waals surface area contributed by atoms with Crippen molar-refractivity contribution in [2.45, 2.75) is 39.3 Å². The third kappa shape index (κ3) is 6.35. The predicted molar refractivity (Wildman–Crippen MR) is 165 cm³/mol. The van der Waals surface area contributed by atoms with Gasteiger partial charge in [0.2, 0.25) is 0 Å². The van der Waals surface area contributed by atoms with Crippen LogP contribution in [0.1, 0.15) is 49.4 Å². The molecule has 0 radical (unpaired) electrons. The Morgan fingerprint density at radius 1 is 1.05 bits per heavy atom. The third-order valence-electron chi connectivity index (χ3n) is 6.80. The highest BCUT2D eigenvalue weighted by atomic mass is 35.5. The number of ether oxygens (including phenoxy) is 3. The first-order valence-corrected chi connectivity index (χ1v) is 14.9. The third-order valence-corrected chi connectivity index (χ3v) is 8.03. The monoisotopic (exact) mass is 602 g/mol. The van der Waals surface area contributed by atoms with Crippen LogP contribution < -0.4 is 24.4 Å². The van der Waals surface area contributed by atoms with E-state index in [4.69, 9.17) is 30.8 Å². The number of halogens is 1. The summed E-state index contributed by atoms with van der Waals surface area (Å²) in [7, 11) is 1.59. The Hall–Kier alpha value is -4.14. The smallest absolute Gasteiger partial charge is 0.338 e. The Kier molecular flexibility index (Phi) is 9.25. The molecule has 4 aromatic rings. The molecule has 0 saturated carbocycles. The molecule has 1 aliphatic rings. The van der Waals surface area contributed by atoms with Gasteiger partial charge in [-0.25, -0.2) is 9.79 Å². The molecular formula is C33H31ClN2O5S. The van der Waals surface area contributed by atoms with Crippen molar-refractivity contribution in [2.75, 3.05) is 13.7 Å². The lowest BCUT2D eigenvalue weighted by Gasteiger charge is -2.26. The van der Waals surface area contributed by atoms with Crippen LogP contribution in [0.25, 0.3) is 6.08 Å². The van der Waals surface area contributed by atoms with Gasteiger partial charge < -0.3 is 14.2 Å². The van der Waals surface area contributed by atoms with E-state index in [9.17, 15) is 9.59 Å². The Morgan fingerprint density at radius 2 is 1.81 bits per heavy atom. The summed E-state index contributed by atoms with van der Waals surface area (Å²) in [5.41, 5.74) is 3.39. The number of rotatable bonds is 10. The summed E-state index contributed by atoms with van der Waals surface area (Å²) in [4.78, 5) is 32.6. The number of benzene rings is 3. The SMILES string of the molecule is CCCC1=C(C(=O)OCC)C(c2cccc(OC)c2)n2c(s/c(=C\c3ccc(OCc4ccc(Cl)cc4)cc3)c2=O)=N1. The molecule has 0 amide bonds. The van der Waals surface area contributed by atoms with E-state index in [1.807, 2.05) is 85.8 Å². The molecule has 1 atom stereocenters. The fourth-order valence-electron chi connectivity index (χ4n) is 4.81. The number of nitrogens with zero attached hydrogens (tertiary/aromatic N) is 2. The van der Waals surface area contributed by atoms with Gasteiger partial charge in [-0.1, -0.05) is 72.7 Å². The van der Waals surface area contributed by atoms with Gasteiger partial charge in [0, 0.05) is 5.02 Å². The van der Waals surface area contributed by atoms with Crippen molar-refractivity contribution in [3.05, 3.63) is 125 Å². The lowest BCUT2D eigenvalue weighted by atomic mass is 9.94. The minimum Gasteiger partial charge on any atom is -0.497 e. The Morgan fingerprint density at radius 3 is 2.50 bits per heavy atom. The Balaban J connectivity index is 1.54. The highest BCUT2D eigenvalue weighted by Crippen LogP contribution is 2.34. The van der Waals surface area contributed by atoms with E-state index in [0.717, 1.165) is 23.1 Å². The van der Waals surface area contributed by atoms with Gasteiger partial charge in [0.1, 0.15) is 18.1 Å². The lowest BCUT2D eigenvalue weighted by molar-refractivity contribution is -0.139. The lowest BCUT2D eigenvalue weighted by Crippen LogP contribution is -2.40. The fraction of sp³-hybridized carbons (Fsp3) is 0.242. The first kappa shape index (κ1) is 29.4. The zero-order chi connectivity index (χ0) is 29.6. The van der Waals surface area contributed by atoms with Gasteiger partial charge in [0.05, 0.1) is 35.6 Å². The predicted octanol–water partition coefficient (Wildman–Crippen LogP) is 5.82. The molecule has 0 aliphatic carbocycles. The van der Waals surface area contributed by atoms with E-state index in [1.54, 1.807) is 18.6 Å². The second kappa shape index (κ2) is 13.2. The minimum atomic E-state index is -0.692. The number of hydrogen-bond acceptors (Lipinski definition) is 7. The first-order chi connectivity index (χ1) is 20.4. The number of methoxy groups -OCH3 is 1. The van der Waals surface area contributed by atoms with Crippen LogP contribution in [0, 0.1) is 0 Å². The van der Waals surface area contributed by atoms with Crippen molar-refractivity contribution in [2.24, 2.45) is 4.99 Å². The van der Waals surface area contributed by atoms with Gasteiger partial charge in [-0.05, 0) is 72.5 Å².